The number of rotatable bonds is 8. The number of benzene rings is 2. The Hall–Kier alpha value is -2.33. The molecule has 1 amide bonds. The van der Waals surface area contributed by atoms with Gasteiger partial charge in [-0.15, -0.1) is 0 Å². The van der Waals surface area contributed by atoms with Gasteiger partial charge >= 0.3 is 5.97 Å². The van der Waals surface area contributed by atoms with Crippen LogP contribution < -0.4 is 10.1 Å². The van der Waals surface area contributed by atoms with E-state index in [2.05, 4.69) is 5.32 Å². The lowest BCUT2D eigenvalue weighted by molar-refractivity contribution is -0.141. The first-order valence-electron chi connectivity index (χ1n) is 8.94. The molecule has 0 saturated carbocycles. The highest BCUT2D eigenvalue weighted by Gasteiger charge is 2.26. The fourth-order valence-electron chi connectivity index (χ4n) is 2.67. The van der Waals surface area contributed by atoms with Crippen molar-refractivity contribution in [3.8, 4) is 5.75 Å². The highest BCUT2D eigenvalue weighted by Crippen LogP contribution is 2.31. The standard InChI is InChI=1S/C20H22Cl2N2O6S/c1-24(2)31(27,28)18-9-14(15(21)10-16(18)22)20(26)23-17(11-19(25)30-4)12-5-7-13(29-3)8-6-12/h5-10,17H,11H2,1-4H3,(H,23,26). The predicted molar refractivity (Wildman–Crippen MR) is 117 cm³/mol. The maximum atomic E-state index is 13.0. The molecule has 0 saturated heterocycles. The fourth-order valence-corrected chi connectivity index (χ4v) is 4.40. The lowest BCUT2D eigenvalue weighted by Gasteiger charge is -2.20. The van der Waals surface area contributed by atoms with Crippen LogP contribution in [0, 0.1) is 0 Å². The summed E-state index contributed by atoms with van der Waals surface area (Å²) < 4.78 is 35.9. The highest BCUT2D eigenvalue weighted by molar-refractivity contribution is 7.89. The zero-order chi connectivity index (χ0) is 23.3. The van der Waals surface area contributed by atoms with Crippen LogP contribution in [0.4, 0.5) is 0 Å². The molecule has 0 bridgehead atoms. The second-order valence-electron chi connectivity index (χ2n) is 6.63. The Balaban J connectivity index is 2.43. The number of hydrogen-bond acceptors (Lipinski definition) is 6. The van der Waals surface area contributed by atoms with Crippen LogP contribution in [0.2, 0.25) is 10.0 Å². The van der Waals surface area contributed by atoms with Crippen molar-refractivity contribution in [3.05, 3.63) is 57.6 Å². The lowest BCUT2D eigenvalue weighted by Crippen LogP contribution is -2.31. The average molecular weight is 489 g/mol. The monoisotopic (exact) mass is 488 g/mol. The second kappa shape index (κ2) is 10.3. The normalized spacial score (nSPS) is 12.4. The second-order valence-corrected chi connectivity index (χ2v) is 9.56. The van der Waals surface area contributed by atoms with Gasteiger partial charge in [-0.05, 0) is 29.8 Å². The molecule has 0 radical (unpaired) electrons. The topological polar surface area (TPSA) is 102 Å². The molecule has 0 spiro atoms. The molecule has 1 atom stereocenters. The van der Waals surface area contributed by atoms with Crippen molar-refractivity contribution >= 4 is 45.1 Å². The van der Waals surface area contributed by atoms with E-state index in [9.17, 15) is 18.0 Å². The van der Waals surface area contributed by atoms with Gasteiger partial charge in [0.2, 0.25) is 10.0 Å². The highest BCUT2D eigenvalue weighted by atomic mass is 35.5. The van der Waals surface area contributed by atoms with Crippen LogP contribution in [0.15, 0.2) is 41.3 Å². The summed E-state index contributed by atoms with van der Waals surface area (Å²) in [5, 5.41) is 2.55. The third kappa shape index (κ3) is 5.88. The van der Waals surface area contributed by atoms with Crippen molar-refractivity contribution < 1.29 is 27.5 Å². The average Bonchev–Trinajstić information content (AvgIpc) is 2.72. The summed E-state index contributed by atoms with van der Waals surface area (Å²) in [5.41, 5.74) is 0.514. The van der Waals surface area contributed by atoms with Crippen LogP contribution >= 0.6 is 23.2 Å². The van der Waals surface area contributed by atoms with Gasteiger partial charge < -0.3 is 14.8 Å². The molecule has 2 rings (SSSR count). The van der Waals surface area contributed by atoms with Gasteiger partial charge in [-0.1, -0.05) is 35.3 Å². The molecular formula is C20H22Cl2N2O6S. The van der Waals surface area contributed by atoms with Gasteiger partial charge in [0.15, 0.2) is 0 Å². The van der Waals surface area contributed by atoms with E-state index < -0.39 is 27.9 Å². The van der Waals surface area contributed by atoms with Crippen LogP contribution in [0.3, 0.4) is 0 Å². The van der Waals surface area contributed by atoms with E-state index in [0.29, 0.717) is 11.3 Å². The van der Waals surface area contributed by atoms with E-state index in [4.69, 9.17) is 32.7 Å². The molecular weight excluding hydrogens is 467 g/mol. The van der Waals surface area contributed by atoms with Crippen molar-refractivity contribution in [2.75, 3.05) is 28.3 Å². The predicted octanol–water partition coefficient (Wildman–Crippen LogP) is 3.29. The van der Waals surface area contributed by atoms with Gasteiger partial charge in [-0.3, -0.25) is 9.59 Å². The molecule has 0 aliphatic rings. The Kier molecular flexibility index (Phi) is 8.30. The molecule has 11 heteroatoms. The number of amides is 1. The largest absolute Gasteiger partial charge is 0.497 e. The SMILES string of the molecule is COC(=O)CC(NC(=O)c1cc(S(=O)(=O)N(C)C)c(Cl)cc1Cl)c1ccc(OC)cc1. The third-order valence-electron chi connectivity index (χ3n) is 4.45. The van der Waals surface area contributed by atoms with E-state index in [1.165, 1.54) is 34.4 Å². The number of esters is 1. The van der Waals surface area contributed by atoms with Crippen molar-refractivity contribution in [2.45, 2.75) is 17.4 Å². The Morgan fingerprint density at radius 3 is 2.19 bits per heavy atom. The minimum atomic E-state index is -3.92. The van der Waals surface area contributed by atoms with Crippen molar-refractivity contribution in [2.24, 2.45) is 0 Å². The molecule has 2 aromatic carbocycles. The molecule has 0 aromatic heterocycles. The van der Waals surface area contributed by atoms with Crippen molar-refractivity contribution in [1.29, 1.82) is 0 Å². The van der Waals surface area contributed by atoms with Crippen LogP contribution in [0.5, 0.6) is 5.75 Å². The number of carbonyl (C=O) groups is 2. The van der Waals surface area contributed by atoms with E-state index >= 15 is 0 Å². The fraction of sp³-hybridized carbons (Fsp3) is 0.300. The zero-order valence-electron chi connectivity index (χ0n) is 17.3. The van der Waals surface area contributed by atoms with Crippen LogP contribution in [-0.4, -0.2) is 52.9 Å². The number of methoxy groups -OCH3 is 2. The summed E-state index contributed by atoms with van der Waals surface area (Å²) in [5.74, 6) is -0.619. The Morgan fingerprint density at radius 1 is 1.06 bits per heavy atom. The zero-order valence-corrected chi connectivity index (χ0v) is 19.6. The van der Waals surface area contributed by atoms with E-state index in [1.807, 2.05) is 0 Å². The van der Waals surface area contributed by atoms with E-state index in [0.717, 1.165) is 10.4 Å². The minimum absolute atomic E-state index is 0.0354. The van der Waals surface area contributed by atoms with Gasteiger partial charge in [0.25, 0.3) is 5.91 Å². The van der Waals surface area contributed by atoms with Crippen LogP contribution in [0.1, 0.15) is 28.4 Å². The van der Waals surface area contributed by atoms with Crippen molar-refractivity contribution in [3.63, 3.8) is 0 Å². The first-order chi connectivity index (χ1) is 14.5. The molecule has 8 nitrogen and oxygen atoms in total. The number of nitrogens with zero attached hydrogens (tertiary/aromatic N) is 1. The number of sulfonamides is 1. The van der Waals surface area contributed by atoms with E-state index in [1.54, 1.807) is 24.3 Å². The smallest absolute Gasteiger partial charge is 0.307 e. The number of ether oxygens (including phenoxy) is 2. The Morgan fingerprint density at radius 2 is 1.68 bits per heavy atom. The first kappa shape index (κ1) is 24.9. The van der Waals surface area contributed by atoms with Crippen LogP contribution in [-0.2, 0) is 19.6 Å². The molecule has 0 fully saturated rings. The summed E-state index contributed by atoms with van der Waals surface area (Å²) >= 11 is 12.2. The Labute approximate surface area is 191 Å². The maximum Gasteiger partial charge on any atom is 0.307 e. The molecule has 0 aliphatic carbocycles. The summed E-state index contributed by atoms with van der Waals surface area (Å²) in [4.78, 5) is 24.6. The minimum Gasteiger partial charge on any atom is -0.497 e. The quantitative estimate of drug-likeness (QED) is 0.571. The Bertz CT molecular complexity index is 1070. The third-order valence-corrected chi connectivity index (χ3v) is 7.04. The first-order valence-corrected chi connectivity index (χ1v) is 11.1. The summed E-state index contributed by atoms with van der Waals surface area (Å²) in [7, 11) is 1.53. The molecule has 0 aliphatic heterocycles. The molecule has 1 unspecified atom stereocenters. The number of hydrogen-bond donors (Lipinski definition) is 1. The van der Waals surface area contributed by atoms with Gasteiger partial charge in [0, 0.05) is 14.1 Å². The lowest BCUT2D eigenvalue weighted by atomic mass is 10.0. The maximum absolute atomic E-state index is 13.0. The molecule has 31 heavy (non-hydrogen) atoms. The number of carbonyl (C=O) groups excluding carboxylic acids is 2. The molecule has 168 valence electrons. The van der Waals surface area contributed by atoms with Gasteiger partial charge in [-0.25, -0.2) is 12.7 Å². The number of nitrogens with one attached hydrogen (secondary N) is 1. The van der Waals surface area contributed by atoms with E-state index in [-0.39, 0.29) is 26.9 Å². The molecule has 2 aromatic rings. The summed E-state index contributed by atoms with van der Waals surface area (Å²) in [6.07, 6.45) is -0.150. The van der Waals surface area contributed by atoms with Crippen LogP contribution in [0.25, 0.3) is 0 Å². The number of halogens is 2. The summed E-state index contributed by atoms with van der Waals surface area (Å²) in [6.45, 7) is 0. The molecule has 0 heterocycles. The van der Waals surface area contributed by atoms with Gasteiger partial charge in [0.1, 0.15) is 10.6 Å². The van der Waals surface area contributed by atoms with Gasteiger partial charge in [-0.2, -0.15) is 0 Å². The summed E-state index contributed by atoms with van der Waals surface area (Å²) in [6, 6.07) is 8.30. The molecule has 1 N–H and O–H groups in total. The van der Waals surface area contributed by atoms with Crippen molar-refractivity contribution in [1.82, 2.24) is 9.62 Å². The van der Waals surface area contributed by atoms with Gasteiger partial charge in [0.05, 0.1) is 42.3 Å².